The van der Waals surface area contributed by atoms with Gasteiger partial charge in [0.25, 0.3) is 0 Å². The van der Waals surface area contributed by atoms with E-state index >= 15 is 0 Å². The van der Waals surface area contributed by atoms with Crippen LogP contribution in [-0.2, 0) is 6.61 Å². The summed E-state index contributed by atoms with van der Waals surface area (Å²) >= 11 is 0. The van der Waals surface area contributed by atoms with Gasteiger partial charge in [0, 0.05) is 18.0 Å². The Morgan fingerprint density at radius 1 is 1.20 bits per heavy atom. The van der Waals surface area contributed by atoms with Crippen LogP contribution in [0.3, 0.4) is 0 Å². The number of hydrogen-bond acceptors (Lipinski definition) is 5. The highest BCUT2D eigenvalue weighted by Crippen LogP contribution is 2.26. The van der Waals surface area contributed by atoms with E-state index in [1.54, 1.807) is 30.0 Å². The normalized spacial score (nSPS) is 10.7. The van der Waals surface area contributed by atoms with Crippen molar-refractivity contribution in [1.29, 1.82) is 0 Å². The molecular formula is C14H14N4O2. The summed E-state index contributed by atoms with van der Waals surface area (Å²) in [4.78, 5) is 4.35. The molecule has 2 N–H and O–H groups in total. The standard InChI is InChI=1S/C14H14N4O2/c1-19-11-4-2-3-5-12(11)20-9-13-16-14-8-10(15)6-7-18(14)17-13/h2-8H,9,15H2,1H3. The first kappa shape index (κ1) is 12.3. The molecule has 0 fully saturated rings. The van der Waals surface area contributed by atoms with E-state index < -0.39 is 0 Å². The molecule has 102 valence electrons. The number of pyridine rings is 1. The molecule has 0 aliphatic carbocycles. The molecule has 3 aromatic rings. The maximum atomic E-state index is 5.71. The molecular weight excluding hydrogens is 256 g/mol. The number of fused-ring (bicyclic) bond motifs is 1. The van der Waals surface area contributed by atoms with Crippen molar-refractivity contribution in [3.8, 4) is 11.5 Å². The van der Waals surface area contributed by atoms with Crippen LogP contribution in [0.25, 0.3) is 5.65 Å². The topological polar surface area (TPSA) is 74.7 Å². The van der Waals surface area contributed by atoms with Crippen molar-refractivity contribution in [2.24, 2.45) is 0 Å². The van der Waals surface area contributed by atoms with Gasteiger partial charge in [0.15, 0.2) is 23.0 Å². The number of nitrogen functional groups attached to an aromatic ring is 1. The Hall–Kier alpha value is -2.76. The lowest BCUT2D eigenvalue weighted by Crippen LogP contribution is -1.99. The highest BCUT2D eigenvalue weighted by atomic mass is 16.5. The van der Waals surface area contributed by atoms with E-state index in [4.69, 9.17) is 15.2 Å². The lowest BCUT2D eigenvalue weighted by atomic mass is 10.3. The summed E-state index contributed by atoms with van der Waals surface area (Å²) < 4.78 is 12.6. The molecule has 0 aliphatic rings. The maximum absolute atomic E-state index is 5.71. The van der Waals surface area contributed by atoms with E-state index in [1.807, 2.05) is 24.3 Å². The molecule has 0 aliphatic heterocycles. The molecule has 0 saturated carbocycles. The number of hydrogen-bond donors (Lipinski definition) is 1. The second kappa shape index (κ2) is 5.08. The Morgan fingerprint density at radius 2 is 2.00 bits per heavy atom. The third-order valence-electron chi connectivity index (χ3n) is 2.83. The molecule has 3 rings (SSSR count). The van der Waals surface area contributed by atoms with Gasteiger partial charge >= 0.3 is 0 Å². The molecule has 1 aromatic carbocycles. The molecule has 2 heterocycles. The van der Waals surface area contributed by atoms with Gasteiger partial charge in [-0.05, 0) is 18.2 Å². The van der Waals surface area contributed by atoms with Gasteiger partial charge in [-0.3, -0.25) is 0 Å². The van der Waals surface area contributed by atoms with E-state index in [-0.39, 0.29) is 6.61 Å². The fraction of sp³-hybridized carbons (Fsp3) is 0.143. The zero-order valence-electron chi connectivity index (χ0n) is 11.0. The molecule has 2 aromatic heterocycles. The molecule has 0 saturated heterocycles. The molecule has 6 heteroatoms. The summed E-state index contributed by atoms with van der Waals surface area (Å²) in [5, 5.41) is 4.31. The van der Waals surface area contributed by atoms with Gasteiger partial charge < -0.3 is 15.2 Å². The van der Waals surface area contributed by atoms with E-state index in [1.165, 1.54) is 0 Å². The van der Waals surface area contributed by atoms with Crippen LogP contribution in [0.5, 0.6) is 11.5 Å². The summed E-state index contributed by atoms with van der Waals surface area (Å²) in [5.41, 5.74) is 7.06. The first-order valence-corrected chi connectivity index (χ1v) is 6.13. The van der Waals surface area contributed by atoms with Crippen LogP contribution in [0.2, 0.25) is 0 Å². The van der Waals surface area contributed by atoms with Crippen molar-refractivity contribution in [1.82, 2.24) is 14.6 Å². The third kappa shape index (κ3) is 2.35. The van der Waals surface area contributed by atoms with Crippen LogP contribution in [0.1, 0.15) is 5.82 Å². The van der Waals surface area contributed by atoms with Crippen LogP contribution in [0.15, 0.2) is 42.6 Å². The van der Waals surface area contributed by atoms with E-state index in [0.717, 1.165) is 0 Å². The van der Waals surface area contributed by atoms with Crippen LogP contribution < -0.4 is 15.2 Å². The van der Waals surface area contributed by atoms with Gasteiger partial charge in [0.2, 0.25) is 0 Å². The van der Waals surface area contributed by atoms with Crippen molar-refractivity contribution < 1.29 is 9.47 Å². The summed E-state index contributed by atoms with van der Waals surface area (Å²) in [5.74, 6) is 1.93. The fourth-order valence-corrected chi connectivity index (χ4v) is 1.88. The number of ether oxygens (including phenoxy) is 2. The Morgan fingerprint density at radius 3 is 2.80 bits per heavy atom. The van der Waals surface area contributed by atoms with Crippen molar-refractivity contribution in [3.63, 3.8) is 0 Å². The predicted octanol–water partition coefficient (Wildman–Crippen LogP) is 1.90. The van der Waals surface area contributed by atoms with Crippen molar-refractivity contribution in [2.75, 3.05) is 12.8 Å². The second-order valence-electron chi connectivity index (χ2n) is 4.23. The maximum Gasteiger partial charge on any atom is 0.189 e. The minimum atomic E-state index is 0.266. The number of para-hydroxylation sites is 2. The molecule has 0 spiro atoms. The van der Waals surface area contributed by atoms with Gasteiger partial charge in [-0.2, -0.15) is 0 Å². The Bertz CT molecular complexity index is 739. The van der Waals surface area contributed by atoms with Gasteiger partial charge in [-0.15, -0.1) is 5.10 Å². The first-order valence-electron chi connectivity index (χ1n) is 6.13. The van der Waals surface area contributed by atoms with Crippen molar-refractivity contribution in [3.05, 3.63) is 48.4 Å². The molecule has 20 heavy (non-hydrogen) atoms. The first-order chi connectivity index (χ1) is 9.76. The summed E-state index contributed by atoms with van der Waals surface area (Å²) in [6.45, 7) is 0.266. The number of methoxy groups -OCH3 is 1. The van der Waals surface area contributed by atoms with Crippen LogP contribution in [0, 0.1) is 0 Å². The summed E-state index contributed by atoms with van der Waals surface area (Å²) in [7, 11) is 1.61. The second-order valence-corrected chi connectivity index (χ2v) is 4.23. The van der Waals surface area contributed by atoms with Crippen LogP contribution >= 0.6 is 0 Å². The van der Waals surface area contributed by atoms with Crippen LogP contribution in [0.4, 0.5) is 5.69 Å². The summed E-state index contributed by atoms with van der Waals surface area (Å²) in [6, 6.07) is 11.0. The van der Waals surface area contributed by atoms with Gasteiger partial charge in [-0.25, -0.2) is 9.50 Å². The van der Waals surface area contributed by atoms with E-state index in [2.05, 4.69) is 10.1 Å². The Balaban J connectivity index is 1.79. The lowest BCUT2D eigenvalue weighted by Gasteiger charge is -2.08. The Labute approximate surface area is 115 Å². The third-order valence-corrected chi connectivity index (χ3v) is 2.83. The monoisotopic (exact) mass is 270 g/mol. The average molecular weight is 270 g/mol. The largest absolute Gasteiger partial charge is 0.493 e. The zero-order chi connectivity index (χ0) is 13.9. The summed E-state index contributed by atoms with van der Waals surface area (Å²) in [6.07, 6.45) is 1.77. The smallest absolute Gasteiger partial charge is 0.189 e. The lowest BCUT2D eigenvalue weighted by molar-refractivity contribution is 0.276. The van der Waals surface area contributed by atoms with E-state index in [0.29, 0.717) is 28.7 Å². The molecule has 0 radical (unpaired) electrons. The molecule has 0 amide bonds. The van der Waals surface area contributed by atoms with Gasteiger partial charge in [-0.1, -0.05) is 12.1 Å². The molecule has 6 nitrogen and oxygen atoms in total. The SMILES string of the molecule is COc1ccccc1OCc1nc2cc(N)ccn2n1. The predicted molar refractivity (Wildman–Crippen MR) is 74.7 cm³/mol. The van der Waals surface area contributed by atoms with E-state index in [9.17, 15) is 0 Å². The minimum Gasteiger partial charge on any atom is -0.493 e. The highest BCUT2D eigenvalue weighted by Gasteiger charge is 2.07. The molecule has 0 bridgehead atoms. The average Bonchev–Trinajstić information content (AvgIpc) is 2.87. The zero-order valence-corrected chi connectivity index (χ0v) is 11.0. The number of rotatable bonds is 4. The molecule has 0 unspecified atom stereocenters. The number of benzene rings is 1. The van der Waals surface area contributed by atoms with Crippen molar-refractivity contribution >= 4 is 11.3 Å². The number of anilines is 1. The Kier molecular flexibility index (Phi) is 3.12. The van der Waals surface area contributed by atoms with Crippen LogP contribution in [-0.4, -0.2) is 21.7 Å². The highest BCUT2D eigenvalue weighted by molar-refractivity contribution is 5.50. The fourth-order valence-electron chi connectivity index (χ4n) is 1.88. The quantitative estimate of drug-likeness (QED) is 0.783. The van der Waals surface area contributed by atoms with Crippen molar-refractivity contribution in [2.45, 2.75) is 6.61 Å². The number of nitrogens with zero attached hydrogens (tertiary/aromatic N) is 3. The minimum absolute atomic E-state index is 0.266. The number of nitrogens with two attached hydrogens (primary N) is 1. The van der Waals surface area contributed by atoms with Gasteiger partial charge in [0.1, 0.15) is 6.61 Å². The number of aromatic nitrogens is 3. The molecule has 0 atom stereocenters. The van der Waals surface area contributed by atoms with Gasteiger partial charge in [0.05, 0.1) is 7.11 Å².